The van der Waals surface area contributed by atoms with Gasteiger partial charge in [0.05, 0.1) is 12.9 Å². The molecular formula is C24H26N2O3S. The molecule has 0 saturated carbocycles. The second kappa shape index (κ2) is 10.2. The summed E-state index contributed by atoms with van der Waals surface area (Å²) >= 11 is 1.46. The van der Waals surface area contributed by atoms with E-state index in [0.717, 1.165) is 27.2 Å². The number of amides is 2. The van der Waals surface area contributed by atoms with Gasteiger partial charge in [0.15, 0.2) is 0 Å². The highest BCUT2D eigenvalue weighted by molar-refractivity contribution is 8.00. The van der Waals surface area contributed by atoms with Gasteiger partial charge in [-0.15, -0.1) is 11.8 Å². The predicted molar refractivity (Wildman–Crippen MR) is 122 cm³/mol. The van der Waals surface area contributed by atoms with Crippen molar-refractivity contribution >= 4 is 34.3 Å². The van der Waals surface area contributed by atoms with Crippen LogP contribution in [0.4, 0.5) is 0 Å². The smallest absolute Gasteiger partial charge is 0.242 e. The van der Waals surface area contributed by atoms with Gasteiger partial charge in [-0.3, -0.25) is 9.59 Å². The molecule has 0 spiro atoms. The third-order valence-electron chi connectivity index (χ3n) is 4.90. The zero-order chi connectivity index (χ0) is 21.5. The van der Waals surface area contributed by atoms with Crippen molar-refractivity contribution in [1.82, 2.24) is 10.6 Å². The average molecular weight is 423 g/mol. The Morgan fingerprint density at radius 1 is 1.03 bits per heavy atom. The number of methoxy groups -OCH3 is 1. The van der Waals surface area contributed by atoms with Crippen molar-refractivity contribution in [3.8, 4) is 5.75 Å². The molecule has 0 aromatic heterocycles. The highest BCUT2D eigenvalue weighted by atomic mass is 32.2. The van der Waals surface area contributed by atoms with Crippen molar-refractivity contribution in [2.24, 2.45) is 0 Å². The lowest BCUT2D eigenvalue weighted by Crippen LogP contribution is -2.47. The maximum absolute atomic E-state index is 12.5. The average Bonchev–Trinajstić information content (AvgIpc) is 2.77. The molecule has 5 nitrogen and oxygen atoms in total. The van der Waals surface area contributed by atoms with Gasteiger partial charge in [0.1, 0.15) is 11.8 Å². The SMILES string of the molecule is CNC(=O)[C@H](Cc1ccc(C)c(OC)c1)NC(=O)CSc1ccc2ccccc2c1. The van der Waals surface area contributed by atoms with Crippen molar-refractivity contribution in [1.29, 1.82) is 0 Å². The first-order valence-corrected chi connectivity index (χ1v) is 10.7. The van der Waals surface area contributed by atoms with Gasteiger partial charge < -0.3 is 15.4 Å². The number of thioether (sulfide) groups is 1. The molecule has 0 aliphatic carbocycles. The molecule has 3 rings (SSSR count). The van der Waals surface area contributed by atoms with E-state index in [1.165, 1.54) is 17.1 Å². The normalized spacial score (nSPS) is 11.7. The molecule has 0 aliphatic heterocycles. The molecule has 0 radical (unpaired) electrons. The topological polar surface area (TPSA) is 67.4 Å². The van der Waals surface area contributed by atoms with Crippen molar-refractivity contribution in [3.05, 3.63) is 71.8 Å². The Balaban J connectivity index is 1.63. The summed E-state index contributed by atoms with van der Waals surface area (Å²) < 4.78 is 5.36. The Bertz CT molecular complexity index is 1050. The standard InChI is InChI=1S/C24H26N2O3S/c1-16-8-9-17(13-22(16)29-3)12-21(24(28)25-2)26-23(27)15-30-20-11-10-18-6-4-5-7-19(18)14-20/h4-11,13-14,21H,12,15H2,1-3H3,(H,25,28)(H,26,27)/t21-/m0/s1. The van der Waals surface area contributed by atoms with Crippen LogP contribution < -0.4 is 15.4 Å². The van der Waals surface area contributed by atoms with E-state index in [-0.39, 0.29) is 17.6 Å². The van der Waals surface area contributed by atoms with E-state index in [1.54, 1.807) is 14.2 Å². The van der Waals surface area contributed by atoms with E-state index in [9.17, 15) is 9.59 Å². The second-order valence-electron chi connectivity index (χ2n) is 7.04. The second-order valence-corrected chi connectivity index (χ2v) is 8.09. The van der Waals surface area contributed by atoms with Gasteiger partial charge >= 0.3 is 0 Å². The molecule has 0 saturated heterocycles. The minimum Gasteiger partial charge on any atom is -0.496 e. The quantitative estimate of drug-likeness (QED) is 0.543. The number of carbonyl (C=O) groups is 2. The number of hydrogen-bond donors (Lipinski definition) is 2. The summed E-state index contributed by atoms with van der Waals surface area (Å²) in [6, 6.07) is 19.4. The lowest BCUT2D eigenvalue weighted by molar-refractivity contribution is -0.127. The molecule has 0 heterocycles. The molecule has 0 unspecified atom stereocenters. The van der Waals surface area contributed by atoms with E-state index < -0.39 is 6.04 Å². The molecule has 156 valence electrons. The number of hydrogen-bond acceptors (Lipinski definition) is 4. The maximum atomic E-state index is 12.5. The first kappa shape index (κ1) is 21.7. The largest absolute Gasteiger partial charge is 0.496 e. The Hall–Kier alpha value is -2.99. The maximum Gasteiger partial charge on any atom is 0.242 e. The van der Waals surface area contributed by atoms with Crippen LogP contribution in [0.15, 0.2) is 65.6 Å². The van der Waals surface area contributed by atoms with Gasteiger partial charge in [-0.1, -0.05) is 42.5 Å². The summed E-state index contributed by atoms with van der Waals surface area (Å²) in [4.78, 5) is 25.9. The molecule has 2 amide bonds. The predicted octanol–water partition coefficient (Wildman–Crippen LogP) is 3.72. The fourth-order valence-electron chi connectivity index (χ4n) is 3.25. The number of ether oxygens (including phenoxy) is 1. The zero-order valence-electron chi connectivity index (χ0n) is 17.4. The van der Waals surface area contributed by atoms with Gasteiger partial charge in [0, 0.05) is 18.4 Å². The van der Waals surface area contributed by atoms with Crippen LogP contribution in [-0.4, -0.2) is 37.8 Å². The van der Waals surface area contributed by atoms with E-state index in [0.29, 0.717) is 6.42 Å². The lowest BCUT2D eigenvalue weighted by Gasteiger charge is -2.18. The zero-order valence-corrected chi connectivity index (χ0v) is 18.2. The fourth-order valence-corrected chi connectivity index (χ4v) is 4.01. The van der Waals surface area contributed by atoms with E-state index >= 15 is 0 Å². The third-order valence-corrected chi connectivity index (χ3v) is 5.90. The Morgan fingerprint density at radius 3 is 2.53 bits per heavy atom. The van der Waals surface area contributed by atoms with Crippen molar-refractivity contribution < 1.29 is 14.3 Å². The number of fused-ring (bicyclic) bond motifs is 1. The van der Waals surface area contributed by atoms with E-state index in [2.05, 4.69) is 28.8 Å². The number of benzene rings is 3. The molecule has 1 atom stereocenters. The van der Waals surface area contributed by atoms with Gasteiger partial charge in [0.2, 0.25) is 11.8 Å². The van der Waals surface area contributed by atoms with E-state index in [4.69, 9.17) is 4.74 Å². The summed E-state index contributed by atoms with van der Waals surface area (Å²) in [5.74, 6) is 0.601. The molecule has 0 aliphatic rings. The number of carbonyl (C=O) groups excluding carboxylic acids is 2. The van der Waals surface area contributed by atoms with Crippen LogP contribution in [0.1, 0.15) is 11.1 Å². The number of likely N-dealkylation sites (N-methyl/N-ethyl adjacent to an activating group) is 1. The third kappa shape index (κ3) is 5.54. The monoisotopic (exact) mass is 422 g/mol. The van der Waals surface area contributed by atoms with Gasteiger partial charge in [-0.2, -0.15) is 0 Å². The first-order chi connectivity index (χ1) is 14.5. The van der Waals surface area contributed by atoms with Crippen LogP contribution in [-0.2, 0) is 16.0 Å². The van der Waals surface area contributed by atoms with Crippen LogP contribution in [0.2, 0.25) is 0 Å². The molecule has 3 aromatic carbocycles. The summed E-state index contributed by atoms with van der Waals surface area (Å²) in [5.41, 5.74) is 1.95. The minimum absolute atomic E-state index is 0.180. The Labute approximate surface area is 181 Å². The van der Waals surface area contributed by atoms with Crippen molar-refractivity contribution in [3.63, 3.8) is 0 Å². The molecule has 2 N–H and O–H groups in total. The van der Waals surface area contributed by atoms with Crippen LogP contribution >= 0.6 is 11.8 Å². The minimum atomic E-state index is -0.646. The van der Waals surface area contributed by atoms with Gasteiger partial charge in [0.25, 0.3) is 0 Å². The molecule has 6 heteroatoms. The van der Waals surface area contributed by atoms with Crippen molar-refractivity contribution in [2.45, 2.75) is 24.3 Å². The van der Waals surface area contributed by atoms with Crippen LogP contribution in [0.3, 0.4) is 0 Å². The molecule has 0 bridgehead atoms. The summed E-state index contributed by atoms with van der Waals surface area (Å²) in [7, 11) is 3.19. The highest BCUT2D eigenvalue weighted by Crippen LogP contribution is 2.24. The summed E-state index contributed by atoms with van der Waals surface area (Å²) in [6.45, 7) is 1.96. The van der Waals surface area contributed by atoms with Crippen LogP contribution in [0.5, 0.6) is 5.75 Å². The van der Waals surface area contributed by atoms with Crippen LogP contribution in [0, 0.1) is 6.92 Å². The molecule has 0 fully saturated rings. The van der Waals surface area contributed by atoms with Crippen molar-refractivity contribution in [2.75, 3.05) is 19.9 Å². The Morgan fingerprint density at radius 2 is 1.80 bits per heavy atom. The van der Waals surface area contributed by atoms with Crippen LogP contribution in [0.25, 0.3) is 10.8 Å². The fraction of sp³-hybridized carbons (Fsp3) is 0.250. The number of aryl methyl sites for hydroxylation is 1. The highest BCUT2D eigenvalue weighted by Gasteiger charge is 2.20. The van der Waals surface area contributed by atoms with Gasteiger partial charge in [-0.05, 0) is 47.0 Å². The molecular weight excluding hydrogens is 396 g/mol. The Kier molecular flexibility index (Phi) is 7.36. The summed E-state index contributed by atoms with van der Waals surface area (Å²) in [6.07, 6.45) is 0.392. The lowest BCUT2D eigenvalue weighted by atomic mass is 10.0. The first-order valence-electron chi connectivity index (χ1n) is 9.76. The van der Waals surface area contributed by atoms with E-state index in [1.807, 2.05) is 49.4 Å². The number of nitrogens with one attached hydrogen (secondary N) is 2. The molecule has 3 aromatic rings. The number of rotatable bonds is 8. The van der Waals surface area contributed by atoms with Gasteiger partial charge in [-0.25, -0.2) is 0 Å². The summed E-state index contributed by atoms with van der Waals surface area (Å²) in [5, 5.41) is 7.80. The molecule has 30 heavy (non-hydrogen) atoms.